The predicted octanol–water partition coefficient (Wildman–Crippen LogP) is 2.07. The summed E-state index contributed by atoms with van der Waals surface area (Å²) in [6, 6.07) is 7.10. The molecule has 3 nitrogen and oxygen atoms in total. The molecular formula is C11H14O3. The van der Waals surface area contributed by atoms with Gasteiger partial charge in [0.1, 0.15) is 5.75 Å². The van der Waals surface area contributed by atoms with Crippen molar-refractivity contribution in [2.24, 2.45) is 5.92 Å². The second-order valence-corrected chi connectivity index (χ2v) is 3.66. The molecule has 0 aliphatic carbocycles. The van der Waals surface area contributed by atoms with Crippen LogP contribution in [0.4, 0.5) is 0 Å². The van der Waals surface area contributed by atoms with E-state index < -0.39 is 6.29 Å². The number of ether oxygens (including phenoxy) is 2. The van der Waals surface area contributed by atoms with Crippen LogP contribution in [0.5, 0.6) is 5.75 Å². The highest BCUT2D eigenvalue weighted by molar-refractivity contribution is 5.32. The van der Waals surface area contributed by atoms with Gasteiger partial charge in [0.2, 0.25) is 0 Å². The van der Waals surface area contributed by atoms with Crippen LogP contribution in [0.1, 0.15) is 18.8 Å². The van der Waals surface area contributed by atoms with Crippen LogP contribution in [-0.2, 0) is 9.47 Å². The van der Waals surface area contributed by atoms with Crippen molar-refractivity contribution >= 4 is 0 Å². The molecule has 0 radical (unpaired) electrons. The van der Waals surface area contributed by atoms with Gasteiger partial charge >= 0.3 is 0 Å². The van der Waals surface area contributed by atoms with Gasteiger partial charge < -0.3 is 14.6 Å². The number of phenolic OH excluding ortho intramolecular Hbond substituents is 1. The first kappa shape index (κ1) is 9.49. The molecule has 0 bridgehead atoms. The van der Waals surface area contributed by atoms with Crippen molar-refractivity contribution in [2.75, 3.05) is 13.2 Å². The van der Waals surface area contributed by atoms with Gasteiger partial charge in [-0.05, 0) is 6.07 Å². The van der Waals surface area contributed by atoms with Crippen molar-refractivity contribution in [1.82, 2.24) is 0 Å². The summed E-state index contributed by atoms with van der Waals surface area (Å²) in [6.45, 7) is 3.43. The molecule has 1 aliphatic rings. The fraction of sp³-hybridized carbons (Fsp3) is 0.455. The van der Waals surface area contributed by atoms with Crippen LogP contribution in [0, 0.1) is 5.92 Å². The van der Waals surface area contributed by atoms with Gasteiger partial charge in [0.15, 0.2) is 6.29 Å². The quantitative estimate of drug-likeness (QED) is 0.743. The topological polar surface area (TPSA) is 38.7 Å². The van der Waals surface area contributed by atoms with E-state index in [2.05, 4.69) is 6.92 Å². The third kappa shape index (κ3) is 1.89. The molecule has 0 aromatic heterocycles. The number of benzene rings is 1. The fourth-order valence-electron chi connectivity index (χ4n) is 1.47. The Morgan fingerprint density at radius 3 is 2.50 bits per heavy atom. The highest BCUT2D eigenvalue weighted by Crippen LogP contribution is 2.30. The molecule has 1 N–H and O–H groups in total. The molecule has 14 heavy (non-hydrogen) atoms. The zero-order chi connectivity index (χ0) is 9.97. The number of phenols is 1. The van der Waals surface area contributed by atoms with Crippen molar-refractivity contribution in [1.29, 1.82) is 0 Å². The molecule has 1 fully saturated rings. The zero-order valence-corrected chi connectivity index (χ0v) is 8.14. The number of rotatable bonds is 1. The summed E-state index contributed by atoms with van der Waals surface area (Å²) in [7, 11) is 0. The van der Waals surface area contributed by atoms with Gasteiger partial charge in [-0.25, -0.2) is 0 Å². The minimum absolute atomic E-state index is 0.229. The van der Waals surface area contributed by atoms with Crippen LogP contribution < -0.4 is 0 Å². The Bertz CT molecular complexity index is 303. The zero-order valence-electron chi connectivity index (χ0n) is 8.14. The van der Waals surface area contributed by atoms with Crippen molar-refractivity contribution in [2.45, 2.75) is 13.2 Å². The highest BCUT2D eigenvalue weighted by atomic mass is 16.7. The largest absolute Gasteiger partial charge is 0.507 e. The third-order valence-electron chi connectivity index (χ3n) is 2.25. The minimum atomic E-state index is -0.410. The Hall–Kier alpha value is -1.06. The molecular weight excluding hydrogens is 180 g/mol. The second kappa shape index (κ2) is 3.98. The summed E-state index contributed by atoms with van der Waals surface area (Å²) < 4.78 is 10.9. The molecule has 1 aromatic rings. The van der Waals surface area contributed by atoms with E-state index >= 15 is 0 Å². The molecule has 76 valence electrons. The molecule has 1 heterocycles. The van der Waals surface area contributed by atoms with E-state index in [1.807, 2.05) is 12.1 Å². The first-order valence-electron chi connectivity index (χ1n) is 4.78. The van der Waals surface area contributed by atoms with E-state index in [4.69, 9.17) is 9.47 Å². The van der Waals surface area contributed by atoms with E-state index in [-0.39, 0.29) is 5.75 Å². The summed E-state index contributed by atoms with van der Waals surface area (Å²) in [6.07, 6.45) is -0.410. The summed E-state index contributed by atoms with van der Waals surface area (Å²) in [5.74, 6) is 0.657. The third-order valence-corrected chi connectivity index (χ3v) is 2.25. The van der Waals surface area contributed by atoms with Gasteiger partial charge in [-0.3, -0.25) is 0 Å². The molecule has 0 unspecified atom stereocenters. The Morgan fingerprint density at radius 2 is 1.86 bits per heavy atom. The van der Waals surface area contributed by atoms with Crippen LogP contribution in [0.3, 0.4) is 0 Å². The first-order valence-corrected chi connectivity index (χ1v) is 4.78. The van der Waals surface area contributed by atoms with E-state index in [9.17, 15) is 5.11 Å². The van der Waals surface area contributed by atoms with Crippen molar-refractivity contribution in [3.05, 3.63) is 29.8 Å². The first-order chi connectivity index (χ1) is 6.77. The SMILES string of the molecule is CC1COC(c2ccccc2O)OC1. The Morgan fingerprint density at radius 1 is 1.21 bits per heavy atom. The van der Waals surface area contributed by atoms with Crippen molar-refractivity contribution in [3.8, 4) is 5.75 Å². The van der Waals surface area contributed by atoms with Gasteiger partial charge in [0.05, 0.1) is 13.2 Å². The van der Waals surface area contributed by atoms with Gasteiger partial charge in [0.25, 0.3) is 0 Å². The van der Waals surface area contributed by atoms with Gasteiger partial charge in [-0.15, -0.1) is 0 Å². The molecule has 1 saturated heterocycles. The van der Waals surface area contributed by atoms with E-state index in [1.165, 1.54) is 0 Å². The van der Waals surface area contributed by atoms with E-state index in [0.717, 1.165) is 0 Å². The molecule has 0 saturated carbocycles. The predicted molar refractivity (Wildman–Crippen MR) is 51.9 cm³/mol. The van der Waals surface area contributed by atoms with Crippen LogP contribution in [0.15, 0.2) is 24.3 Å². The van der Waals surface area contributed by atoms with Crippen molar-refractivity contribution < 1.29 is 14.6 Å². The molecule has 1 aliphatic heterocycles. The molecule has 3 heteroatoms. The Kier molecular flexibility index (Phi) is 2.70. The maximum atomic E-state index is 9.57. The Balaban J connectivity index is 2.12. The van der Waals surface area contributed by atoms with Gasteiger partial charge in [-0.2, -0.15) is 0 Å². The van der Waals surface area contributed by atoms with Gasteiger partial charge in [-0.1, -0.05) is 25.1 Å². The number of aromatic hydroxyl groups is 1. The average molecular weight is 194 g/mol. The lowest BCUT2D eigenvalue weighted by Gasteiger charge is -2.27. The molecule has 0 atom stereocenters. The fourth-order valence-corrected chi connectivity index (χ4v) is 1.47. The summed E-state index contributed by atoms with van der Waals surface area (Å²) >= 11 is 0. The van der Waals surface area contributed by atoms with E-state index in [1.54, 1.807) is 12.1 Å². The van der Waals surface area contributed by atoms with Crippen LogP contribution in [0.2, 0.25) is 0 Å². The smallest absolute Gasteiger partial charge is 0.187 e. The van der Waals surface area contributed by atoms with Gasteiger partial charge in [0, 0.05) is 11.5 Å². The summed E-state index contributed by atoms with van der Waals surface area (Å²) in [4.78, 5) is 0. The monoisotopic (exact) mass is 194 g/mol. The number of hydrogen-bond acceptors (Lipinski definition) is 3. The Labute approximate surface area is 83.3 Å². The normalized spacial score (nSPS) is 27.5. The average Bonchev–Trinajstić information content (AvgIpc) is 2.20. The molecule has 0 spiro atoms. The molecule has 0 amide bonds. The second-order valence-electron chi connectivity index (χ2n) is 3.66. The molecule has 1 aromatic carbocycles. The number of hydrogen-bond donors (Lipinski definition) is 1. The standard InChI is InChI=1S/C11H14O3/c1-8-6-13-11(14-7-8)9-4-2-3-5-10(9)12/h2-5,8,11-12H,6-7H2,1H3. The number of para-hydroxylation sites is 1. The van der Waals surface area contributed by atoms with Crippen LogP contribution in [-0.4, -0.2) is 18.3 Å². The summed E-state index contributed by atoms with van der Waals surface area (Å²) in [5.41, 5.74) is 0.708. The lowest BCUT2D eigenvalue weighted by Crippen LogP contribution is -2.24. The van der Waals surface area contributed by atoms with Crippen LogP contribution in [0.25, 0.3) is 0 Å². The lowest BCUT2D eigenvalue weighted by atomic mass is 10.1. The lowest BCUT2D eigenvalue weighted by molar-refractivity contribution is -0.202. The van der Waals surface area contributed by atoms with Crippen molar-refractivity contribution in [3.63, 3.8) is 0 Å². The minimum Gasteiger partial charge on any atom is -0.507 e. The molecule has 2 rings (SSSR count). The van der Waals surface area contributed by atoms with Crippen LogP contribution >= 0.6 is 0 Å². The summed E-state index contributed by atoms with van der Waals surface area (Å²) in [5, 5.41) is 9.57. The maximum absolute atomic E-state index is 9.57. The maximum Gasteiger partial charge on any atom is 0.187 e. The highest BCUT2D eigenvalue weighted by Gasteiger charge is 2.22. The van der Waals surface area contributed by atoms with E-state index in [0.29, 0.717) is 24.7 Å².